The number of halogens is 2. The van der Waals surface area contributed by atoms with Crippen LogP contribution >= 0.6 is 23.2 Å². The molecule has 0 spiro atoms. The zero-order chi connectivity index (χ0) is 14.2. The van der Waals surface area contributed by atoms with Gasteiger partial charge in [-0.2, -0.15) is 5.10 Å². The molecule has 0 saturated heterocycles. The van der Waals surface area contributed by atoms with Crippen molar-refractivity contribution in [2.24, 2.45) is 7.05 Å². The quantitative estimate of drug-likeness (QED) is 0.946. The predicted molar refractivity (Wildman–Crippen MR) is 75.2 cm³/mol. The fourth-order valence-corrected chi connectivity index (χ4v) is 3.06. The molecule has 102 valence electrons. The Labute approximate surface area is 121 Å². The van der Waals surface area contributed by atoms with Crippen LogP contribution in [0.4, 0.5) is 5.69 Å². The number of hydrogen-bond donors (Lipinski definition) is 1. The molecule has 0 amide bonds. The molecule has 19 heavy (non-hydrogen) atoms. The van der Waals surface area contributed by atoms with Crippen LogP contribution in [0.25, 0.3) is 0 Å². The van der Waals surface area contributed by atoms with E-state index in [4.69, 9.17) is 23.2 Å². The summed E-state index contributed by atoms with van der Waals surface area (Å²) in [6.07, 6.45) is 1.30. The molecule has 1 N–H and O–H groups in total. The lowest BCUT2D eigenvalue weighted by Gasteiger charge is -2.08. The first-order valence-corrected chi connectivity index (χ1v) is 7.51. The Bertz CT molecular complexity index is 726. The van der Waals surface area contributed by atoms with Crippen LogP contribution in [0.3, 0.4) is 0 Å². The molecule has 0 aliphatic carbocycles. The second-order valence-electron chi connectivity index (χ2n) is 3.95. The molecular weight excluding hydrogens is 309 g/mol. The maximum Gasteiger partial charge on any atom is 0.265 e. The second kappa shape index (κ2) is 5.03. The summed E-state index contributed by atoms with van der Waals surface area (Å²) in [6, 6.07) is 4.52. The minimum absolute atomic E-state index is 0.126. The van der Waals surface area contributed by atoms with Crippen molar-refractivity contribution >= 4 is 38.9 Å². The number of rotatable bonds is 3. The molecule has 8 heteroatoms. The topological polar surface area (TPSA) is 64.0 Å². The number of hydrogen-bond acceptors (Lipinski definition) is 3. The number of sulfonamides is 1. The Morgan fingerprint density at radius 3 is 2.47 bits per heavy atom. The van der Waals surface area contributed by atoms with Crippen molar-refractivity contribution in [3.63, 3.8) is 0 Å². The number of aryl methyl sites for hydroxylation is 1. The SMILES string of the molecule is Cc1c(S(=O)(=O)Nc2ccc(Cl)c(Cl)c2)cnn1C. The van der Waals surface area contributed by atoms with Crippen LogP contribution in [-0.2, 0) is 17.1 Å². The van der Waals surface area contributed by atoms with Gasteiger partial charge in [0, 0.05) is 7.05 Å². The highest BCUT2D eigenvalue weighted by Gasteiger charge is 2.20. The maximum absolute atomic E-state index is 12.2. The van der Waals surface area contributed by atoms with Crippen LogP contribution in [-0.4, -0.2) is 18.2 Å². The normalized spacial score (nSPS) is 11.6. The molecular formula is C11H11Cl2N3O2S. The van der Waals surface area contributed by atoms with Gasteiger partial charge in [0.25, 0.3) is 10.0 Å². The third-order valence-electron chi connectivity index (χ3n) is 2.65. The third kappa shape index (κ3) is 2.86. The van der Waals surface area contributed by atoms with Gasteiger partial charge in [0.05, 0.1) is 27.6 Å². The molecule has 0 fully saturated rings. The largest absolute Gasteiger partial charge is 0.279 e. The summed E-state index contributed by atoms with van der Waals surface area (Å²) in [5, 5.41) is 4.55. The minimum atomic E-state index is -3.69. The van der Waals surface area contributed by atoms with E-state index in [1.54, 1.807) is 14.0 Å². The molecule has 0 aliphatic heterocycles. The van der Waals surface area contributed by atoms with Crippen LogP contribution in [0.15, 0.2) is 29.3 Å². The van der Waals surface area contributed by atoms with Crippen LogP contribution in [0.1, 0.15) is 5.69 Å². The van der Waals surface area contributed by atoms with E-state index in [1.165, 1.54) is 29.1 Å². The lowest BCUT2D eigenvalue weighted by atomic mass is 10.3. The first-order valence-electron chi connectivity index (χ1n) is 5.28. The standard InChI is InChI=1S/C11H11Cl2N3O2S/c1-7-11(6-14-16(7)2)19(17,18)15-8-3-4-9(12)10(13)5-8/h3-6,15H,1-2H3. The average Bonchev–Trinajstić information content (AvgIpc) is 2.65. The van der Waals surface area contributed by atoms with Gasteiger partial charge in [-0.1, -0.05) is 23.2 Å². The summed E-state index contributed by atoms with van der Waals surface area (Å²) >= 11 is 11.6. The summed E-state index contributed by atoms with van der Waals surface area (Å²) < 4.78 is 28.3. The smallest absolute Gasteiger partial charge is 0.265 e. The van der Waals surface area contributed by atoms with Gasteiger partial charge in [0.1, 0.15) is 4.90 Å². The van der Waals surface area contributed by atoms with Crippen molar-refractivity contribution < 1.29 is 8.42 Å². The van der Waals surface area contributed by atoms with E-state index < -0.39 is 10.0 Å². The molecule has 1 heterocycles. The molecule has 0 unspecified atom stereocenters. The van der Waals surface area contributed by atoms with Crippen molar-refractivity contribution in [3.05, 3.63) is 40.1 Å². The molecule has 0 aliphatic rings. The maximum atomic E-state index is 12.2. The molecule has 2 aromatic rings. The predicted octanol–water partition coefficient (Wildman–Crippen LogP) is 2.84. The molecule has 1 aromatic carbocycles. The minimum Gasteiger partial charge on any atom is -0.279 e. The van der Waals surface area contributed by atoms with Crippen molar-refractivity contribution in [2.75, 3.05) is 4.72 Å². The third-order valence-corrected chi connectivity index (χ3v) is 4.87. The Morgan fingerprint density at radius 2 is 1.95 bits per heavy atom. The van der Waals surface area contributed by atoms with Crippen LogP contribution in [0.2, 0.25) is 10.0 Å². The Hall–Kier alpha value is -1.24. The van der Waals surface area contributed by atoms with Crippen LogP contribution < -0.4 is 4.72 Å². The Balaban J connectivity index is 2.36. The van der Waals surface area contributed by atoms with E-state index in [0.717, 1.165) is 0 Å². The number of anilines is 1. The van der Waals surface area contributed by atoms with Gasteiger partial charge >= 0.3 is 0 Å². The average molecular weight is 320 g/mol. The van der Waals surface area contributed by atoms with E-state index in [-0.39, 0.29) is 9.92 Å². The van der Waals surface area contributed by atoms with Crippen molar-refractivity contribution in [1.29, 1.82) is 0 Å². The zero-order valence-electron chi connectivity index (χ0n) is 10.2. The Morgan fingerprint density at radius 1 is 1.26 bits per heavy atom. The number of benzene rings is 1. The van der Waals surface area contributed by atoms with Crippen LogP contribution in [0, 0.1) is 6.92 Å². The highest BCUT2D eigenvalue weighted by Crippen LogP contribution is 2.26. The van der Waals surface area contributed by atoms with Crippen molar-refractivity contribution in [3.8, 4) is 0 Å². The van der Waals surface area contributed by atoms with Crippen molar-refractivity contribution in [1.82, 2.24) is 9.78 Å². The van der Waals surface area contributed by atoms with E-state index >= 15 is 0 Å². The lowest BCUT2D eigenvalue weighted by molar-refractivity contribution is 0.600. The molecule has 5 nitrogen and oxygen atoms in total. The van der Waals surface area contributed by atoms with E-state index in [1.807, 2.05) is 0 Å². The number of nitrogens with zero attached hydrogens (tertiary/aromatic N) is 2. The van der Waals surface area contributed by atoms with E-state index in [2.05, 4.69) is 9.82 Å². The van der Waals surface area contributed by atoms with Gasteiger partial charge < -0.3 is 0 Å². The first-order chi connectivity index (χ1) is 8.81. The van der Waals surface area contributed by atoms with E-state index in [0.29, 0.717) is 16.4 Å². The summed E-state index contributed by atoms with van der Waals surface area (Å²) in [7, 11) is -2.01. The molecule has 2 rings (SSSR count). The summed E-state index contributed by atoms with van der Waals surface area (Å²) in [5.74, 6) is 0. The molecule has 1 aromatic heterocycles. The summed E-state index contributed by atoms with van der Waals surface area (Å²) in [5.41, 5.74) is 0.894. The monoisotopic (exact) mass is 319 g/mol. The first kappa shape index (κ1) is 14.2. The molecule has 0 atom stereocenters. The summed E-state index contributed by atoms with van der Waals surface area (Å²) in [4.78, 5) is 0.126. The van der Waals surface area contributed by atoms with Gasteiger partial charge in [-0.05, 0) is 25.1 Å². The zero-order valence-corrected chi connectivity index (χ0v) is 12.5. The molecule has 0 bridgehead atoms. The highest BCUT2D eigenvalue weighted by atomic mass is 35.5. The van der Waals surface area contributed by atoms with Gasteiger partial charge in [-0.15, -0.1) is 0 Å². The fourth-order valence-electron chi connectivity index (χ4n) is 1.51. The van der Waals surface area contributed by atoms with Gasteiger partial charge in [0.15, 0.2) is 0 Å². The molecule has 0 saturated carbocycles. The Kier molecular flexibility index (Phi) is 3.75. The number of aromatic nitrogens is 2. The van der Waals surface area contributed by atoms with Gasteiger partial charge in [-0.25, -0.2) is 8.42 Å². The second-order valence-corrected chi connectivity index (χ2v) is 6.42. The number of nitrogens with one attached hydrogen (secondary N) is 1. The molecule has 0 radical (unpaired) electrons. The van der Waals surface area contributed by atoms with E-state index in [9.17, 15) is 8.42 Å². The highest BCUT2D eigenvalue weighted by molar-refractivity contribution is 7.92. The lowest BCUT2D eigenvalue weighted by Crippen LogP contribution is -2.13. The van der Waals surface area contributed by atoms with Gasteiger partial charge in [-0.3, -0.25) is 9.40 Å². The van der Waals surface area contributed by atoms with Crippen molar-refractivity contribution in [2.45, 2.75) is 11.8 Å². The van der Waals surface area contributed by atoms with Crippen LogP contribution in [0.5, 0.6) is 0 Å². The fraction of sp³-hybridized carbons (Fsp3) is 0.182. The van der Waals surface area contributed by atoms with Gasteiger partial charge in [0.2, 0.25) is 0 Å². The summed E-state index contributed by atoms with van der Waals surface area (Å²) in [6.45, 7) is 1.68.